The number of H-pyrrole nitrogens is 1. The van der Waals surface area contributed by atoms with Crippen molar-refractivity contribution < 1.29 is 27.6 Å². The number of carbonyl (C=O) groups is 1. The lowest BCUT2D eigenvalue weighted by Crippen LogP contribution is -2.36. The Labute approximate surface area is 343 Å². The molecule has 0 spiro atoms. The molecule has 1 amide bonds. The highest BCUT2D eigenvalue weighted by molar-refractivity contribution is 7.90. The number of rotatable bonds is 13. The minimum atomic E-state index is -4.54. The van der Waals surface area contributed by atoms with Crippen molar-refractivity contribution in [1.82, 2.24) is 19.6 Å². The zero-order valence-electron chi connectivity index (χ0n) is 32.8. The van der Waals surface area contributed by atoms with Crippen LogP contribution in [0.15, 0.2) is 96.2 Å². The van der Waals surface area contributed by atoms with Crippen molar-refractivity contribution in [1.29, 1.82) is 0 Å². The quantitative estimate of drug-likeness (QED) is 0.0771. The summed E-state index contributed by atoms with van der Waals surface area (Å²) in [5.41, 5.74) is 5.50. The highest BCUT2D eigenvalue weighted by Gasteiger charge is 2.36. The lowest BCUT2D eigenvalue weighted by Gasteiger charge is -2.36. The topological polar surface area (TPSA) is 169 Å². The van der Waals surface area contributed by atoms with E-state index in [9.17, 15) is 23.3 Å². The molecule has 2 aliphatic heterocycles. The second-order valence-corrected chi connectivity index (χ2v) is 17.8. The van der Waals surface area contributed by atoms with E-state index in [1.165, 1.54) is 48.9 Å². The molecule has 4 aliphatic rings. The summed E-state index contributed by atoms with van der Waals surface area (Å²) in [6.07, 6.45) is 14.9. The van der Waals surface area contributed by atoms with Gasteiger partial charge in [0.25, 0.3) is 21.6 Å². The molecule has 2 aliphatic carbocycles. The number of sulfonamides is 1. The van der Waals surface area contributed by atoms with Gasteiger partial charge in [0.15, 0.2) is 0 Å². The Hall–Kier alpha value is -5.57. The standard InChI is InChI=1S/C45H48N6O7S/c52-45(49-59(55,56)36-14-16-40(42(26-36)51(53)54)47-27-29-18-22-57-23-19-29)39-15-11-32(25-43(39)58-35-24-33-17-20-46-44(33)48-28-35)30-9-12-34(13-10-30)50-21-3-6-41(50)38-5-2-1-4-37(38)31-7-8-31/h1-2,4-5,9,11,14-17,20,24-26,28-29,31,34,41,47H,3,6-8,10,12-13,18-19,21-23,27H2,(H,46,48)(H,49,52)/t34?,41-/m0/s1. The van der Waals surface area contributed by atoms with Crippen LogP contribution in [0.25, 0.3) is 16.6 Å². The summed E-state index contributed by atoms with van der Waals surface area (Å²) < 4.78 is 41.2. The molecule has 1 saturated carbocycles. The lowest BCUT2D eigenvalue weighted by atomic mass is 9.88. The van der Waals surface area contributed by atoms with Crippen molar-refractivity contribution in [2.75, 3.05) is 31.6 Å². The van der Waals surface area contributed by atoms with E-state index >= 15 is 0 Å². The van der Waals surface area contributed by atoms with E-state index in [0.717, 1.165) is 61.2 Å². The predicted molar refractivity (Wildman–Crippen MR) is 225 cm³/mol. The van der Waals surface area contributed by atoms with Crippen LogP contribution in [-0.2, 0) is 14.8 Å². The molecular weight excluding hydrogens is 769 g/mol. The van der Waals surface area contributed by atoms with Crippen molar-refractivity contribution >= 4 is 43.9 Å². The maximum atomic E-state index is 13.9. The molecule has 3 N–H and O–H groups in total. The van der Waals surface area contributed by atoms with Gasteiger partial charge in [-0.3, -0.25) is 19.8 Å². The Morgan fingerprint density at radius 3 is 2.59 bits per heavy atom. The average molecular weight is 817 g/mol. The van der Waals surface area contributed by atoms with E-state index in [-0.39, 0.29) is 22.9 Å². The number of likely N-dealkylation sites (tertiary alicyclic amines) is 1. The van der Waals surface area contributed by atoms with E-state index in [2.05, 4.69) is 55.2 Å². The molecule has 306 valence electrons. The zero-order valence-corrected chi connectivity index (χ0v) is 33.6. The number of nitro groups is 1. The molecular formula is C45H48N6O7S. The SMILES string of the molecule is O=C(NS(=O)(=O)c1ccc(NCC2CCOCC2)c([N+](=O)[O-])c1)c1ccc(C2=CCC(N3CCC[C@H]3c3ccccc3C3CC3)CC2)cc1Oc1cnc2[nH]ccc2c1. The number of nitro benzene ring substituents is 1. The third-order valence-electron chi connectivity index (χ3n) is 12.3. The molecule has 3 fully saturated rings. The fraction of sp³-hybridized carbons (Fsp3) is 0.378. The minimum absolute atomic E-state index is 0.0146. The first kappa shape index (κ1) is 38.9. The Bertz CT molecular complexity index is 2530. The fourth-order valence-corrected chi connectivity index (χ4v) is 10.0. The first-order valence-corrected chi connectivity index (χ1v) is 22.1. The molecule has 2 atom stereocenters. The van der Waals surface area contributed by atoms with Crippen LogP contribution in [0.4, 0.5) is 11.4 Å². The van der Waals surface area contributed by atoms with E-state index in [0.29, 0.717) is 49.2 Å². The number of anilines is 1. The van der Waals surface area contributed by atoms with Gasteiger partial charge in [-0.25, -0.2) is 18.1 Å². The predicted octanol–water partition coefficient (Wildman–Crippen LogP) is 8.87. The lowest BCUT2D eigenvalue weighted by molar-refractivity contribution is -0.384. The Balaban J connectivity index is 0.954. The maximum Gasteiger partial charge on any atom is 0.293 e. The number of ether oxygens (including phenoxy) is 2. The molecule has 13 nitrogen and oxygen atoms in total. The summed E-state index contributed by atoms with van der Waals surface area (Å²) >= 11 is 0. The number of nitrogens with one attached hydrogen (secondary N) is 3. The number of benzene rings is 3. The molecule has 0 bridgehead atoms. The molecule has 2 saturated heterocycles. The number of hydrogen-bond donors (Lipinski definition) is 3. The van der Waals surface area contributed by atoms with Crippen LogP contribution in [-0.4, -0.2) is 66.5 Å². The van der Waals surface area contributed by atoms with Gasteiger partial charge in [0.2, 0.25) is 0 Å². The van der Waals surface area contributed by atoms with Gasteiger partial charge in [-0.1, -0.05) is 36.4 Å². The summed E-state index contributed by atoms with van der Waals surface area (Å²) in [6, 6.07) is 22.3. The second-order valence-electron chi connectivity index (χ2n) is 16.2. The van der Waals surface area contributed by atoms with Gasteiger partial charge >= 0.3 is 0 Å². The summed E-state index contributed by atoms with van der Waals surface area (Å²) in [7, 11) is -4.54. The minimum Gasteiger partial charge on any atom is -0.455 e. The Morgan fingerprint density at radius 2 is 1.81 bits per heavy atom. The smallest absolute Gasteiger partial charge is 0.293 e. The van der Waals surface area contributed by atoms with E-state index in [1.807, 2.05) is 12.1 Å². The van der Waals surface area contributed by atoms with Crippen LogP contribution in [0.3, 0.4) is 0 Å². The van der Waals surface area contributed by atoms with Gasteiger partial charge in [0, 0.05) is 49.5 Å². The highest BCUT2D eigenvalue weighted by atomic mass is 32.2. The van der Waals surface area contributed by atoms with Crippen molar-refractivity contribution in [3.05, 3.63) is 124 Å². The molecule has 14 heteroatoms. The number of nitrogens with zero attached hydrogens (tertiary/aromatic N) is 3. The number of aromatic amines is 1. The monoisotopic (exact) mass is 816 g/mol. The molecule has 1 unspecified atom stereocenters. The number of hydrogen-bond acceptors (Lipinski definition) is 10. The third kappa shape index (κ3) is 8.48. The van der Waals surface area contributed by atoms with Gasteiger partial charge in [-0.05, 0) is 135 Å². The molecule has 2 aromatic heterocycles. The van der Waals surface area contributed by atoms with E-state index < -0.39 is 31.4 Å². The number of fused-ring (bicyclic) bond motifs is 1. The van der Waals surface area contributed by atoms with Crippen LogP contribution in [0, 0.1) is 16.0 Å². The van der Waals surface area contributed by atoms with Crippen LogP contribution < -0.4 is 14.8 Å². The first-order chi connectivity index (χ1) is 28.7. The number of allylic oxidation sites excluding steroid dienone is 1. The number of carbonyl (C=O) groups excluding carboxylic acids is 1. The van der Waals surface area contributed by atoms with Crippen molar-refractivity contribution in [2.45, 2.75) is 80.7 Å². The van der Waals surface area contributed by atoms with Gasteiger partial charge in [-0.2, -0.15) is 0 Å². The van der Waals surface area contributed by atoms with Crippen LogP contribution >= 0.6 is 0 Å². The summed E-state index contributed by atoms with van der Waals surface area (Å²) in [5.74, 6) is 0.579. The molecule has 5 aromatic rings. The number of aromatic nitrogens is 2. The first-order valence-electron chi connectivity index (χ1n) is 20.7. The highest BCUT2D eigenvalue weighted by Crippen LogP contribution is 2.47. The molecule has 59 heavy (non-hydrogen) atoms. The maximum absolute atomic E-state index is 13.9. The Morgan fingerprint density at radius 1 is 0.983 bits per heavy atom. The Kier molecular flexibility index (Phi) is 10.9. The normalized spacial score (nSPS) is 20.3. The van der Waals surface area contributed by atoms with E-state index in [1.54, 1.807) is 30.6 Å². The van der Waals surface area contributed by atoms with Gasteiger partial charge in [0.1, 0.15) is 22.8 Å². The molecule has 0 radical (unpaired) electrons. The summed E-state index contributed by atoms with van der Waals surface area (Å²) in [4.78, 5) is 35.1. The second kappa shape index (κ2) is 16.6. The van der Waals surface area contributed by atoms with Crippen molar-refractivity contribution in [3.63, 3.8) is 0 Å². The molecule has 9 rings (SSSR count). The van der Waals surface area contributed by atoms with Crippen LogP contribution in [0.5, 0.6) is 11.5 Å². The fourth-order valence-electron chi connectivity index (χ4n) is 9.04. The number of pyridine rings is 1. The van der Waals surface area contributed by atoms with Crippen molar-refractivity contribution in [3.8, 4) is 11.5 Å². The molecule has 4 heterocycles. The average Bonchev–Trinajstić information content (AvgIpc) is 3.79. The summed E-state index contributed by atoms with van der Waals surface area (Å²) in [6.45, 7) is 2.85. The van der Waals surface area contributed by atoms with Crippen molar-refractivity contribution in [2.24, 2.45) is 5.92 Å². The third-order valence-corrected chi connectivity index (χ3v) is 13.7. The summed E-state index contributed by atoms with van der Waals surface area (Å²) in [5, 5.41) is 16.0. The van der Waals surface area contributed by atoms with Crippen LogP contribution in [0.1, 0.15) is 96.8 Å². The molecule has 3 aromatic carbocycles. The van der Waals surface area contributed by atoms with Crippen LogP contribution in [0.2, 0.25) is 0 Å². The van der Waals surface area contributed by atoms with Gasteiger partial charge < -0.3 is 19.8 Å². The largest absolute Gasteiger partial charge is 0.455 e. The van der Waals surface area contributed by atoms with Gasteiger partial charge in [0.05, 0.1) is 21.6 Å². The number of amides is 1. The zero-order chi connectivity index (χ0) is 40.5. The van der Waals surface area contributed by atoms with Gasteiger partial charge in [-0.15, -0.1) is 0 Å². The van der Waals surface area contributed by atoms with E-state index in [4.69, 9.17) is 9.47 Å².